The smallest absolute Gasteiger partial charge is 0.260 e. The summed E-state index contributed by atoms with van der Waals surface area (Å²) < 4.78 is 0. The lowest BCUT2D eigenvalue weighted by atomic mass is 9.97. The van der Waals surface area contributed by atoms with Crippen LogP contribution in [0.25, 0.3) is 10.2 Å². The average molecular weight is 400 g/mol. The zero-order valence-electron chi connectivity index (χ0n) is 15.2. The molecular formula is C20H21N3O2S2. The first-order chi connectivity index (χ1) is 13.2. The largest absolute Gasteiger partial charge is 0.312 e. The van der Waals surface area contributed by atoms with E-state index in [0.29, 0.717) is 11.7 Å². The lowest BCUT2D eigenvalue weighted by Gasteiger charge is -2.20. The first-order valence-electron chi connectivity index (χ1n) is 9.20. The minimum atomic E-state index is -0.0789. The molecule has 4 rings (SSSR count). The van der Waals surface area contributed by atoms with Gasteiger partial charge >= 0.3 is 0 Å². The monoisotopic (exact) mass is 399 g/mol. The van der Waals surface area contributed by atoms with Crippen LogP contribution in [-0.4, -0.2) is 28.2 Å². The van der Waals surface area contributed by atoms with Gasteiger partial charge < -0.3 is 9.88 Å². The predicted molar refractivity (Wildman–Crippen MR) is 112 cm³/mol. The Morgan fingerprint density at radius 3 is 2.81 bits per heavy atom. The van der Waals surface area contributed by atoms with Crippen molar-refractivity contribution in [1.29, 1.82) is 0 Å². The Balaban J connectivity index is 1.53. The van der Waals surface area contributed by atoms with Gasteiger partial charge in [0.05, 0.1) is 11.1 Å². The van der Waals surface area contributed by atoms with Crippen molar-refractivity contribution >= 4 is 44.9 Å². The van der Waals surface area contributed by atoms with Crippen LogP contribution in [0.4, 0.5) is 5.69 Å². The third-order valence-corrected chi connectivity index (χ3v) is 6.86. The third kappa shape index (κ3) is 3.66. The Bertz CT molecular complexity index is 1030. The molecular weight excluding hydrogens is 378 g/mol. The van der Waals surface area contributed by atoms with E-state index in [9.17, 15) is 9.59 Å². The number of benzene rings is 1. The number of H-pyrrole nitrogens is 1. The van der Waals surface area contributed by atoms with Gasteiger partial charge in [-0.05, 0) is 50.3 Å². The van der Waals surface area contributed by atoms with E-state index < -0.39 is 0 Å². The molecule has 27 heavy (non-hydrogen) atoms. The number of aromatic amines is 1. The van der Waals surface area contributed by atoms with Gasteiger partial charge in [-0.2, -0.15) is 0 Å². The molecule has 1 aliphatic carbocycles. The quantitative estimate of drug-likeness (QED) is 0.520. The number of aryl methyl sites for hydroxylation is 2. The van der Waals surface area contributed by atoms with Crippen molar-refractivity contribution in [1.82, 2.24) is 9.97 Å². The SMILES string of the molecule is CCN(C(=O)CSc1nc2sc3c(c2c(=O)[nH]1)CCCC3)c1ccccc1. The van der Waals surface area contributed by atoms with E-state index in [1.54, 1.807) is 16.2 Å². The molecule has 0 radical (unpaired) electrons. The molecule has 3 aromatic rings. The molecule has 1 N–H and O–H groups in total. The van der Waals surface area contributed by atoms with Gasteiger partial charge in [-0.3, -0.25) is 9.59 Å². The Morgan fingerprint density at radius 2 is 2.04 bits per heavy atom. The number of hydrogen-bond donors (Lipinski definition) is 1. The van der Waals surface area contributed by atoms with Crippen LogP contribution in [0.2, 0.25) is 0 Å². The van der Waals surface area contributed by atoms with Gasteiger partial charge in [0.2, 0.25) is 5.91 Å². The van der Waals surface area contributed by atoms with Crippen LogP contribution in [0.1, 0.15) is 30.2 Å². The lowest BCUT2D eigenvalue weighted by Crippen LogP contribution is -2.32. The van der Waals surface area contributed by atoms with Crippen molar-refractivity contribution in [3.05, 3.63) is 51.1 Å². The van der Waals surface area contributed by atoms with E-state index in [1.165, 1.54) is 28.6 Å². The van der Waals surface area contributed by atoms with Gasteiger partial charge in [0.15, 0.2) is 5.16 Å². The zero-order chi connectivity index (χ0) is 18.8. The maximum absolute atomic E-state index is 12.6. The van der Waals surface area contributed by atoms with Gasteiger partial charge in [0, 0.05) is 17.1 Å². The van der Waals surface area contributed by atoms with Crippen LogP contribution < -0.4 is 10.5 Å². The van der Waals surface area contributed by atoms with Crippen LogP contribution >= 0.6 is 23.1 Å². The van der Waals surface area contributed by atoms with Crippen LogP contribution in [-0.2, 0) is 17.6 Å². The Labute approximate surface area is 165 Å². The number of anilines is 1. The molecule has 1 amide bonds. The molecule has 0 bridgehead atoms. The number of thioether (sulfide) groups is 1. The molecule has 0 saturated carbocycles. The van der Waals surface area contributed by atoms with Crippen LogP contribution in [0.15, 0.2) is 40.3 Å². The second-order valence-electron chi connectivity index (χ2n) is 6.52. The molecule has 0 spiro atoms. The lowest BCUT2D eigenvalue weighted by molar-refractivity contribution is -0.116. The van der Waals surface area contributed by atoms with Gasteiger partial charge in [-0.15, -0.1) is 11.3 Å². The maximum Gasteiger partial charge on any atom is 0.260 e. The minimum Gasteiger partial charge on any atom is -0.312 e. The summed E-state index contributed by atoms with van der Waals surface area (Å²) in [7, 11) is 0. The molecule has 5 nitrogen and oxygen atoms in total. The van der Waals surface area contributed by atoms with Gasteiger partial charge in [0.1, 0.15) is 4.83 Å². The minimum absolute atomic E-state index is 0.00178. The van der Waals surface area contributed by atoms with E-state index in [4.69, 9.17) is 0 Å². The standard InChI is InChI=1S/C20H21N3O2S2/c1-2-23(13-8-4-3-5-9-13)16(24)12-26-20-21-18(25)17-14-10-6-7-11-15(14)27-19(17)22-20/h3-5,8-9H,2,6-7,10-12H2,1H3,(H,21,22,25). The molecule has 7 heteroatoms. The maximum atomic E-state index is 12.6. The van der Waals surface area contributed by atoms with E-state index in [1.807, 2.05) is 37.3 Å². The van der Waals surface area contributed by atoms with Crippen molar-refractivity contribution in [3.63, 3.8) is 0 Å². The van der Waals surface area contributed by atoms with Crippen molar-refractivity contribution < 1.29 is 4.79 Å². The molecule has 0 atom stereocenters. The van der Waals surface area contributed by atoms with Gasteiger partial charge in [-0.25, -0.2) is 4.98 Å². The summed E-state index contributed by atoms with van der Waals surface area (Å²) in [5.74, 6) is 0.240. The fourth-order valence-corrected chi connectivity index (χ4v) is 5.59. The number of hydrogen-bond acceptors (Lipinski definition) is 5. The first kappa shape index (κ1) is 18.3. The van der Waals surface area contributed by atoms with Crippen molar-refractivity contribution in [3.8, 4) is 0 Å². The van der Waals surface area contributed by atoms with Crippen molar-refractivity contribution in [2.45, 2.75) is 37.8 Å². The van der Waals surface area contributed by atoms with Crippen molar-refractivity contribution in [2.75, 3.05) is 17.2 Å². The fraction of sp³-hybridized carbons (Fsp3) is 0.350. The average Bonchev–Trinajstić information content (AvgIpc) is 3.06. The number of carbonyl (C=O) groups excluding carboxylic acids is 1. The Kier molecular flexibility index (Phi) is 5.31. The van der Waals surface area contributed by atoms with Gasteiger partial charge in [-0.1, -0.05) is 30.0 Å². The summed E-state index contributed by atoms with van der Waals surface area (Å²) in [4.78, 5) is 36.6. The normalized spacial score (nSPS) is 13.5. The number of nitrogens with one attached hydrogen (secondary N) is 1. The van der Waals surface area contributed by atoms with E-state index >= 15 is 0 Å². The number of nitrogens with zero attached hydrogens (tertiary/aromatic N) is 2. The summed E-state index contributed by atoms with van der Waals surface area (Å²) in [5.41, 5.74) is 1.99. The summed E-state index contributed by atoms with van der Waals surface area (Å²) in [6.45, 7) is 2.56. The highest BCUT2D eigenvalue weighted by atomic mass is 32.2. The Hall–Kier alpha value is -2.12. The van der Waals surface area contributed by atoms with E-state index in [-0.39, 0.29) is 17.2 Å². The second kappa shape index (κ2) is 7.86. The van der Waals surface area contributed by atoms with Gasteiger partial charge in [0.25, 0.3) is 5.56 Å². The van der Waals surface area contributed by atoms with Crippen LogP contribution in [0, 0.1) is 0 Å². The second-order valence-corrected chi connectivity index (χ2v) is 8.57. The highest BCUT2D eigenvalue weighted by molar-refractivity contribution is 7.99. The number of aromatic nitrogens is 2. The number of para-hydroxylation sites is 1. The number of carbonyl (C=O) groups is 1. The molecule has 1 aliphatic rings. The summed E-state index contributed by atoms with van der Waals surface area (Å²) >= 11 is 2.92. The fourth-order valence-electron chi connectivity index (χ4n) is 3.53. The topological polar surface area (TPSA) is 66.1 Å². The molecule has 140 valence electrons. The highest BCUT2D eigenvalue weighted by Crippen LogP contribution is 2.34. The number of rotatable bonds is 5. The van der Waals surface area contributed by atoms with E-state index in [0.717, 1.165) is 35.2 Å². The van der Waals surface area contributed by atoms with Crippen LogP contribution in [0.3, 0.4) is 0 Å². The highest BCUT2D eigenvalue weighted by Gasteiger charge is 2.20. The zero-order valence-corrected chi connectivity index (χ0v) is 16.8. The molecule has 2 aromatic heterocycles. The molecule has 2 heterocycles. The van der Waals surface area contributed by atoms with E-state index in [2.05, 4.69) is 9.97 Å². The predicted octanol–water partition coefficient (Wildman–Crippen LogP) is 4.01. The molecule has 0 fully saturated rings. The molecule has 0 unspecified atom stereocenters. The number of fused-ring (bicyclic) bond motifs is 3. The first-order valence-corrected chi connectivity index (χ1v) is 11.0. The number of thiophene rings is 1. The summed E-state index contributed by atoms with van der Waals surface area (Å²) in [6, 6.07) is 9.62. The third-order valence-electron chi connectivity index (χ3n) is 4.82. The number of amides is 1. The molecule has 0 aliphatic heterocycles. The van der Waals surface area contributed by atoms with Crippen LogP contribution in [0.5, 0.6) is 0 Å². The van der Waals surface area contributed by atoms with Crippen molar-refractivity contribution in [2.24, 2.45) is 0 Å². The molecule has 1 aromatic carbocycles. The Morgan fingerprint density at radius 1 is 1.26 bits per heavy atom. The molecule has 0 saturated heterocycles. The summed E-state index contributed by atoms with van der Waals surface area (Å²) in [5, 5.41) is 1.27. The summed E-state index contributed by atoms with van der Waals surface area (Å²) in [6.07, 6.45) is 4.32.